The van der Waals surface area contributed by atoms with Crippen LogP contribution in [0.2, 0.25) is 0 Å². The van der Waals surface area contributed by atoms with Crippen LogP contribution < -0.4 is 9.64 Å². The lowest BCUT2D eigenvalue weighted by atomic mass is 9.97. The summed E-state index contributed by atoms with van der Waals surface area (Å²) >= 11 is 0. The number of nitrogens with zero attached hydrogens (tertiary/aromatic N) is 2. The van der Waals surface area contributed by atoms with Crippen LogP contribution in [-0.2, 0) is 11.3 Å². The van der Waals surface area contributed by atoms with Crippen LogP contribution in [0.1, 0.15) is 25.3 Å². The van der Waals surface area contributed by atoms with E-state index in [0.717, 1.165) is 37.4 Å². The Labute approximate surface area is 132 Å². The average Bonchev–Trinajstić information content (AvgIpc) is 2.47. The summed E-state index contributed by atoms with van der Waals surface area (Å²) in [6.07, 6.45) is 1.66. The fourth-order valence-electron chi connectivity index (χ4n) is 2.95. The summed E-state index contributed by atoms with van der Waals surface area (Å²) in [4.78, 5) is 15.5. The van der Waals surface area contributed by atoms with Gasteiger partial charge in [-0.25, -0.2) is 0 Å². The predicted octanol–water partition coefficient (Wildman–Crippen LogP) is 2.45. The van der Waals surface area contributed by atoms with Crippen LogP contribution in [0.15, 0.2) is 18.2 Å². The van der Waals surface area contributed by atoms with Crippen LogP contribution in [-0.4, -0.2) is 49.8 Å². The summed E-state index contributed by atoms with van der Waals surface area (Å²) in [6, 6.07) is 6.24. The lowest BCUT2D eigenvalue weighted by Gasteiger charge is -2.33. The number of rotatable bonds is 6. The summed E-state index contributed by atoms with van der Waals surface area (Å²) in [6.45, 7) is 4.88. The van der Waals surface area contributed by atoms with E-state index in [1.165, 1.54) is 5.56 Å². The van der Waals surface area contributed by atoms with E-state index in [1.54, 1.807) is 0 Å². The zero-order chi connectivity index (χ0) is 16.1. The maximum absolute atomic E-state index is 11.3. The van der Waals surface area contributed by atoms with E-state index in [0.29, 0.717) is 13.2 Å². The molecule has 122 valence electrons. The SMILES string of the molecule is CCOc1cc(CN(C)C)ccc1N1CCCC(C(=O)O)C1. The fourth-order valence-corrected chi connectivity index (χ4v) is 2.95. The fraction of sp³-hybridized carbons (Fsp3) is 0.588. The van der Waals surface area contributed by atoms with Crippen molar-refractivity contribution in [2.75, 3.05) is 38.7 Å². The van der Waals surface area contributed by atoms with Gasteiger partial charge in [0.15, 0.2) is 0 Å². The van der Waals surface area contributed by atoms with Crippen molar-refractivity contribution in [3.63, 3.8) is 0 Å². The Morgan fingerprint density at radius 1 is 1.45 bits per heavy atom. The molecule has 1 unspecified atom stereocenters. The molecule has 0 bridgehead atoms. The lowest BCUT2D eigenvalue weighted by Crippen LogP contribution is -2.38. The first-order valence-electron chi connectivity index (χ1n) is 7.89. The van der Waals surface area contributed by atoms with Crippen LogP contribution in [0.3, 0.4) is 0 Å². The second-order valence-corrected chi connectivity index (χ2v) is 6.10. The van der Waals surface area contributed by atoms with Crippen molar-refractivity contribution in [1.29, 1.82) is 0 Å². The Bertz CT molecular complexity index is 517. The first-order valence-corrected chi connectivity index (χ1v) is 7.89. The van der Waals surface area contributed by atoms with E-state index in [2.05, 4.69) is 28.0 Å². The van der Waals surface area contributed by atoms with E-state index < -0.39 is 5.97 Å². The van der Waals surface area contributed by atoms with E-state index >= 15 is 0 Å². The Hall–Kier alpha value is -1.75. The molecule has 0 amide bonds. The number of anilines is 1. The van der Waals surface area contributed by atoms with E-state index in [1.807, 2.05) is 21.0 Å². The van der Waals surface area contributed by atoms with Gasteiger partial charge in [-0.05, 0) is 51.6 Å². The summed E-state index contributed by atoms with van der Waals surface area (Å²) in [7, 11) is 4.08. The molecule has 2 rings (SSSR count). The standard InChI is InChI=1S/C17H26N2O3/c1-4-22-16-10-13(11-18(2)3)7-8-15(16)19-9-5-6-14(12-19)17(20)21/h7-8,10,14H,4-6,9,11-12H2,1-3H3,(H,20,21). The number of hydrogen-bond acceptors (Lipinski definition) is 4. The quantitative estimate of drug-likeness (QED) is 0.875. The maximum atomic E-state index is 11.3. The smallest absolute Gasteiger partial charge is 0.308 e. The number of carboxylic acids is 1. The van der Waals surface area contributed by atoms with Gasteiger partial charge in [0, 0.05) is 19.6 Å². The molecule has 5 heteroatoms. The molecule has 1 fully saturated rings. The molecule has 0 spiro atoms. The molecule has 1 aliphatic heterocycles. The zero-order valence-electron chi connectivity index (χ0n) is 13.7. The van der Waals surface area contributed by atoms with Crippen molar-refractivity contribution in [1.82, 2.24) is 4.90 Å². The van der Waals surface area contributed by atoms with E-state index in [4.69, 9.17) is 4.74 Å². The topological polar surface area (TPSA) is 53.0 Å². The Morgan fingerprint density at radius 2 is 2.23 bits per heavy atom. The number of aliphatic carboxylic acids is 1. The third-order valence-electron chi connectivity index (χ3n) is 3.93. The minimum Gasteiger partial charge on any atom is -0.492 e. The summed E-state index contributed by atoms with van der Waals surface area (Å²) < 4.78 is 5.80. The first-order chi connectivity index (χ1) is 10.5. The lowest BCUT2D eigenvalue weighted by molar-refractivity contribution is -0.141. The predicted molar refractivity (Wildman–Crippen MR) is 87.6 cm³/mol. The van der Waals surface area contributed by atoms with Gasteiger partial charge in [0.2, 0.25) is 0 Å². The highest BCUT2D eigenvalue weighted by Gasteiger charge is 2.27. The molecular formula is C17H26N2O3. The van der Waals surface area contributed by atoms with Crippen molar-refractivity contribution in [3.8, 4) is 5.75 Å². The molecule has 0 saturated carbocycles. The normalized spacial score (nSPS) is 18.5. The minimum absolute atomic E-state index is 0.287. The molecule has 1 heterocycles. The zero-order valence-corrected chi connectivity index (χ0v) is 13.7. The van der Waals surface area contributed by atoms with Crippen molar-refractivity contribution < 1.29 is 14.6 Å². The molecule has 0 radical (unpaired) electrons. The summed E-state index contributed by atoms with van der Waals surface area (Å²) in [5, 5.41) is 9.26. The van der Waals surface area contributed by atoms with E-state index in [-0.39, 0.29) is 5.92 Å². The van der Waals surface area contributed by atoms with Crippen molar-refractivity contribution in [3.05, 3.63) is 23.8 Å². The summed E-state index contributed by atoms with van der Waals surface area (Å²) in [5.41, 5.74) is 2.21. The van der Waals surface area contributed by atoms with Crippen molar-refractivity contribution in [2.45, 2.75) is 26.3 Å². The molecule has 5 nitrogen and oxygen atoms in total. The van der Waals surface area contributed by atoms with Gasteiger partial charge in [-0.1, -0.05) is 6.07 Å². The van der Waals surface area contributed by atoms with Crippen LogP contribution in [0, 0.1) is 5.92 Å². The highest BCUT2D eigenvalue weighted by molar-refractivity contribution is 5.72. The van der Waals surface area contributed by atoms with Crippen molar-refractivity contribution >= 4 is 11.7 Å². The van der Waals surface area contributed by atoms with Gasteiger partial charge in [-0.3, -0.25) is 4.79 Å². The second-order valence-electron chi connectivity index (χ2n) is 6.10. The monoisotopic (exact) mass is 306 g/mol. The molecule has 0 aromatic heterocycles. The number of carbonyl (C=O) groups is 1. The molecule has 1 aliphatic rings. The second kappa shape index (κ2) is 7.49. The number of ether oxygens (including phenoxy) is 1. The molecule has 1 saturated heterocycles. The Balaban J connectivity index is 2.23. The van der Waals surface area contributed by atoms with Gasteiger partial charge in [0.1, 0.15) is 5.75 Å². The molecular weight excluding hydrogens is 280 g/mol. The highest BCUT2D eigenvalue weighted by Crippen LogP contribution is 2.33. The van der Waals surface area contributed by atoms with Crippen LogP contribution in [0.5, 0.6) is 5.75 Å². The molecule has 1 aromatic carbocycles. The molecule has 1 N–H and O–H groups in total. The van der Waals surface area contributed by atoms with Gasteiger partial charge < -0.3 is 19.6 Å². The van der Waals surface area contributed by atoms with Gasteiger partial charge in [0.25, 0.3) is 0 Å². The van der Waals surface area contributed by atoms with Crippen LogP contribution >= 0.6 is 0 Å². The largest absolute Gasteiger partial charge is 0.492 e. The van der Waals surface area contributed by atoms with Gasteiger partial charge in [-0.15, -0.1) is 0 Å². The van der Waals surface area contributed by atoms with Gasteiger partial charge in [-0.2, -0.15) is 0 Å². The van der Waals surface area contributed by atoms with Crippen LogP contribution in [0.4, 0.5) is 5.69 Å². The first kappa shape index (κ1) is 16.6. The van der Waals surface area contributed by atoms with Crippen LogP contribution in [0.25, 0.3) is 0 Å². The highest BCUT2D eigenvalue weighted by atomic mass is 16.5. The van der Waals surface area contributed by atoms with E-state index in [9.17, 15) is 9.90 Å². The molecule has 0 aliphatic carbocycles. The maximum Gasteiger partial charge on any atom is 0.308 e. The number of piperidine rings is 1. The number of hydrogen-bond donors (Lipinski definition) is 1. The molecule has 1 atom stereocenters. The van der Waals surface area contributed by atoms with Gasteiger partial charge >= 0.3 is 5.97 Å². The molecule has 22 heavy (non-hydrogen) atoms. The minimum atomic E-state index is -0.702. The number of carboxylic acid groups (broad SMARTS) is 1. The van der Waals surface area contributed by atoms with Gasteiger partial charge in [0.05, 0.1) is 18.2 Å². The number of benzene rings is 1. The van der Waals surface area contributed by atoms with Crippen molar-refractivity contribution in [2.24, 2.45) is 5.92 Å². The Kier molecular flexibility index (Phi) is 5.66. The Morgan fingerprint density at radius 3 is 2.86 bits per heavy atom. The summed E-state index contributed by atoms with van der Waals surface area (Å²) in [5.74, 6) is -0.135. The third kappa shape index (κ3) is 4.13. The molecule has 1 aromatic rings. The average molecular weight is 306 g/mol. The third-order valence-corrected chi connectivity index (χ3v) is 3.93.